The van der Waals surface area contributed by atoms with Crippen molar-refractivity contribution < 1.29 is 30.0 Å². The molecule has 0 saturated carbocycles. The topological polar surface area (TPSA) is 130 Å². The highest BCUT2D eigenvalue weighted by Gasteiger charge is 2.27. The second kappa shape index (κ2) is 7.17. The number of hydrazine groups is 1. The van der Waals surface area contributed by atoms with E-state index >= 15 is 0 Å². The summed E-state index contributed by atoms with van der Waals surface area (Å²) in [6.45, 7) is 1.23. The number of carbonyl (C=O) groups excluding carboxylic acids is 2. The van der Waals surface area contributed by atoms with E-state index in [1.165, 1.54) is 6.92 Å². The minimum absolute atomic E-state index is 0.396. The number of rotatable bonds is 5. The predicted octanol–water partition coefficient (Wildman–Crippen LogP) is -3.04. The van der Waals surface area contributed by atoms with Crippen LogP contribution in [0, 0.1) is 0 Å². The summed E-state index contributed by atoms with van der Waals surface area (Å²) in [6.07, 6.45) is -4.63. The molecule has 0 fully saturated rings. The zero-order chi connectivity index (χ0) is 13.6. The summed E-state index contributed by atoms with van der Waals surface area (Å²) in [4.78, 5) is 21.8. The van der Waals surface area contributed by atoms with Gasteiger partial charge in [0, 0.05) is 13.8 Å². The molecule has 0 aliphatic rings. The number of hydrogen-bond donors (Lipinski definition) is 5. The number of nitrogens with zero attached hydrogens (tertiary/aromatic N) is 1. The summed E-state index contributed by atoms with van der Waals surface area (Å²) in [5.74, 6) is -1.05. The zero-order valence-electron chi connectivity index (χ0n) is 9.70. The van der Waals surface area contributed by atoms with E-state index in [1.807, 2.05) is 0 Å². The van der Waals surface area contributed by atoms with Crippen molar-refractivity contribution in [3.05, 3.63) is 0 Å². The molecule has 100 valence electrons. The first-order valence-corrected chi connectivity index (χ1v) is 5.00. The van der Waals surface area contributed by atoms with Gasteiger partial charge in [0.05, 0.1) is 13.2 Å². The first-order valence-electron chi connectivity index (χ1n) is 5.00. The van der Waals surface area contributed by atoms with E-state index in [1.54, 1.807) is 0 Å². The largest absolute Gasteiger partial charge is 0.394 e. The van der Waals surface area contributed by atoms with E-state index in [9.17, 15) is 19.8 Å². The maximum atomic E-state index is 11.1. The molecule has 0 heterocycles. The van der Waals surface area contributed by atoms with E-state index in [-0.39, 0.29) is 0 Å². The summed E-state index contributed by atoms with van der Waals surface area (Å²) in [5.41, 5.74) is 2.15. The lowest BCUT2D eigenvalue weighted by molar-refractivity contribution is -0.144. The van der Waals surface area contributed by atoms with Crippen LogP contribution in [0.15, 0.2) is 0 Å². The van der Waals surface area contributed by atoms with Crippen molar-refractivity contribution in [1.29, 1.82) is 0 Å². The molecule has 0 spiro atoms. The minimum atomic E-state index is -1.62. The number of carbonyl (C=O) groups is 2. The zero-order valence-corrected chi connectivity index (χ0v) is 9.70. The number of aliphatic hydroxyl groups is 4. The number of amides is 2. The van der Waals surface area contributed by atoms with Crippen LogP contribution in [0.2, 0.25) is 0 Å². The van der Waals surface area contributed by atoms with Crippen molar-refractivity contribution in [2.45, 2.75) is 32.2 Å². The highest BCUT2D eigenvalue weighted by molar-refractivity contribution is 5.79. The Bertz CT molecular complexity index is 272. The van der Waals surface area contributed by atoms with Gasteiger partial charge in [0.25, 0.3) is 0 Å². The monoisotopic (exact) mass is 250 g/mol. The molecule has 0 aromatic carbocycles. The molecule has 0 unspecified atom stereocenters. The van der Waals surface area contributed by atoms with Gasteiger partial charge >= 0.3 is 0 Å². The van der Waals surface area contributed by atoms with Gasteiger partial charge in [-0.15, -0.1) is 0 Å². The standard InChI is InChI=1S/C9H18N2O6/c1-5(13)10-11(6(2)14)3-7(15)9(17)8(16)4-12/h7-9,12,15-17H,3-4H2,1-2H3,(H,10,13)/t7-,8+,9-/m0/s1. The Kier molecular flexibility index (Phi) is 6.66. The van der Waals surface area contributed by atoms with Crippen LogP contribution >= 0.6 is 0 Å². The van der Waals surface area contributed by atoms with E-state index in [0.717, 1.165) is 11.9 Å². The van der Waals surface area contributed by atoms with Crippen molar-refractivity contribution in [2.75, 3.05) is 13.2 Å². The molecule has 17 heavy (non-hydrogen) atoms. The Morgan fingerprint density at radius 2 is 1.71 bits per heavy atom. The highest BCUT2D eigenvalue weighted by atomic mass is 16.4. The lowest BCUT2D eigenvalue weighted by Crippen LogP contribution is -2.52. The van der Waals surface area contributed by atoms with Crippen LogP contribution in [0.25, 0.3) is 0 Å². The van der Waals surface area contributed by atoms with E-state index in [0.29, 0.717) is 0 Å². The fraction of sp³-hybridized carbons (Fsp3) is 0.778. The minimum Gasteiger partial charge on any atom is -0.394 e. The first-order chi connectivity index (χ1) is 7.79. The summed E-state index contributed by atoms with van der Waals surface area (Å²) in [6, 6.07) is 0. The Labute approximate surface area is 98.4 Å². The second-order valence-electron chi connectivity index (χ2n) is 3.61. The van der Waals surface area contributed by atoms with Gasteiger partial charge in [-0.2, -0.15) is 0 Å². The summed E-state index contributed by atoms with van der Waals surface area (Å²) in [7, 11) is 0. The van der Waals surface area contributed by atoms with Crippen molar-refractivity contribution in [2.24, 2.45) is 0 Å². The van der Waals surface area contributed by atoms with Crippen LogP contribution in [0.4, 0.5) is 0 Å². The van der Waals surface area contributed by atoms with Crippen molar-refractivity contribution in [3.8, 4) is 0 Å². The number of hydrogen-bond acceptors (Lipinski definition) is 6. The lowest BCUT2D eigenvalue weighted by atomic mass is 10.1. The SMILES string of the molecule is CC(=O)NN(C[C@H](O)[C@H](O)[C@H](O)CO)C(C)=O. The molecule has 0 aromatic rings. The molecule has 0 bridgehead atoms. The van der Waals surface area contributed by atoms with Gasteiger partial charge in [-0.05, 0) is 0 Å². The molecule has 2 amide bonds. The van der Waals surface area contributed by atoms with E-state index in [4.69, 9.17) is 10.2 Å². The van der Waals surface area contributed by atoms with E-state index < -0.39 is 43.3 Å². The number of aliphatic hydroxyl groups excluding tert-OH is 4. The third-order valence-corrected chi connectivity index (χ3v) is 2.02. The van der Waals surface area contributed by atoms with Crippen LogP contribution in [0.5, 0.6) is 0 Å². The van der Waals surface area contributed by atoms with Gasteiger partial charge in [0.2, 0.25) is 11.8 Å². The molecule has 0 radical (unpaired) electrons. The molecule has 5 N–H and O–H groups in total. The molecule has 8 nitrogen and oxygen atoms in total. The number of nitrogens with one attached hydrogen (secondary N) is 1. The molecule has 3 atom stereocenters. The van der Waals surface area contributed by atoms with Gasteiger partial charge in [-0.25, -0.2) is 0 Å². The van der Waals surface area contributed by atoms with Gasteiger partial charge in [-0.3, -0.25) is 20.0 Å². The van der Waals surface area contributed by atoms with Crippen LogP contribution in [-0.2, 0) is 9.59 Å². The molecule has 0 saturated heterocycles. The molecule has 0 aliphatic carbocycles. The van der Waals surface area contributed by atoms with Gasteiger partial charge < -0.3 is 20.4 Å². The average Bonchev–Trinajstić information content (AvgIpc) is 2.25. The molecule has 8 heteroatoms. The first kappa shape index (κ1) is 15.8. The maximum absolute atomic E-state index is 11.1. The maximum Gasteiger partial charge on any atom is 0.237 e. The average molecular weight is 250 g/mol. The smallest absolute Gasteiger partial charge is 0.237 e. The van der Waals surface area contributed by atoms with Crippen molar-refractivity contribution in [1.82, 2.24) is 10.4 Å². The van der Waals surface area contributed by atoms with Crippen LogP contribution in [0.3, 0.4) is 0 Å². The van der Waals surface area contributed by atoms with E-state index in [2.05, 4.69) is 5.43 Å². The third-order valence-electron chi connectivity index (χ3n) is 2.02. The Morgan fingerprint density at radius 3 is 2.06 bits per heavy atom. The molecule has 0 aromatic heterocycles. The fourth-order valence-corrected chi connectivity index (χ4v) is 1.10. The quantitative estimate of drug-likeness (QED) is 0.330. The predicted molar refractivity (Wildman–Crippen MR) is 56.3 cm³/mol. The van der Waals surface area contributed by atoms with Crippen molar-refractivity contribution in [3.63, 3.8) is 0 Å². The van der Waals surface area contributed by atoms with Crippen LogP contribution in [0.1, 0.15) is 13.8 Å². The Morgan fingerprint density at radius 1 is 1.18 bits per heavy atom. The normalized spacial score (nSPS) is 15.9. The van der Waals surface area contributed by atoms with Gasteiger partial charge in [0.1, 0.15) is 18.3 Å². The third kappa shape index (κ3) is 5.59. The fourth-order valence-electron chi connectivity index (χ4n) is 1.10. The molecule has 0 rings (SSSR count). The van der Waals surface area contributed by atoms with Crippen LogP contribution < -0.4 is 5.43 Å². The summed E-state index contributed by atoms with van der Waals surface area (Å²) in [5, 5.41) is 37.3. The van der Waals surface area contributed by atoms with Crippen molar-refractivity contribution >= 4 is 11.8 Å². The van der Waals surface area contributed by atoms with Crippen LogP contribution in [-0.4, -0.2) is 68.7 Å². The molecular weight excluding hydrogens is 232 g/mol. The van der Waals surface area contributed by atoms with Gasteiger partial charge in [-0.1, -0.05) is 0 Å². The summed E-state index contributed by atoms with van der Waals surface area (Å²) >= 11 is 0. The second-order valence-corrected chi connectivity index (χ2v) is 3.61. The van der Waals surface area contributed by atoms with Gasteiger partial charge in [0.15, 0.2) is 0 Å². The Balaban J connectivity index is 4.44. The molecular formula is C9H18N2O6. The summed E-state index contributed by atoms with van der Waals surface area (Å²) < 4.78 is 0. The Hall–Kier alpha value is -1.22. The lowest BCUT2D eigenvalue weighted by Gasteiger charge is -2.27. The molecule has 0 aliphatic heterocycles. The highest BCUT2D eigenvalue weighted by Crippen LogP contribution is 2.02.